The van der Waals surface area contributed by atoms with Gasteiger partial charge in [-0.15, -0.1) is 19.0 Å². The molecule has 0 saturated heterocycles. The fraction of sp³-hybridized carbons (Fsp3) is 0.333. The van der Waals surface area contributed by atoms with E-state index in [0.717, 1.165) is 24.0 Å². The van der Waals surface area contributed by atoms with E-state index >= 15 is 0 Å². The molecule has 0 spiro atoms. The first kappa shape index (κ1) is 14.1. The summed E-state index contributed by atoms with van der Waals surface area (Å²) in [5.74, 6) is -0.223. The second-order valence-electron chi connectivity index (χ2n) is 3.47. The summed E-state index contributed by atoms with van der Waals surface area (Å²) >= 11 is 0. The monoisotopic (exact) mass is 229 g/mol. The zero-order chi connectivity index (χ0) is 10.6. The average molecular weight is 230 g/mol. The minimum Gasteiger partial charge on any atom is -0.324 e. The number of benzene rings is 1. The molecule has 0 unspecified atom stereocenters. The van der Waals surface area contributed by atoms with Gasteiger partial charge in [0.2, 0.25) is 0 Å². The molecule has 0 aliphatic rings. The normalized spacial score (nSPS) is 11.7. The first-order chi connectivity index (χ1) is 6.65. The van der Waals surface area contributed by atoms with Crippen LogP contribution in [-0.2, 0) is 0 Å². The molecule has 2 N–H and O–H groups in total. The third kappa shape index (κ3) is 4.02. The number of hydrogen-bond acceptors (Lipinski definition) is 1. The Kier molecular flexibility index (Phi) is 6.21. The zero-order valence-electron chi connectivity index (χ0n) is 8.87. The lowest BCUT2D eigenvalue weighted by Crippen LogP contribution is -2.11. The van der Waals surface area contributed by atoms with E-state index in [9.17, 15) is 4.39 Å². The predicted octanol–water partition coefficient (Wildman–Crippen LogP) is 3.52. The Balaban J connectivity index is 0.00000196. The van der Waals surface area contributed by atoms with Gasteiger partial charge < -0.3 is 5.73 Å². The summed E-state index contributed by atoms with van der Waals surface area (Å²) < 4.78 is 13.0. The van der Waals surface area contributed by atoms with E-state index in [1.54, 1.807) is 6.07 Å². The Bertz CT molecular complexity index is 325. The topological polar surface area (TPSA) is 26.0 Å². The van der Waals surface area contributed by atoms with E-state index in [-0.39, 0.29) is 24.3 Å². The van der Waals surface area contributed by atoms with Crippen molar-refractivity contribution in [3.05, 3.63) is 47.8 Å². The van der Waals surface area contributed by atoms with Gasteiger partial charge in [0, 0.05) is 6.04 Å². The minimum atomic E-state index is -0.223. The predicted molar refractivity (Wildman–Crippen MR) is 64.7 cm³/mol. The van der Waals surface area contributed by atoms with Gasteiger partial charge in [0.25, 0.3) is 0 Å². The third-order valence-electron chi connectivity index (χ3n) is 2.32. The highest BCUT2D eigenvalue weighted by Gasteiger charge is 2.08. The first-order valence-electron chi connectivity index (χ1n) is 4.77. The van der Waals surface area contributed by atoms with Crippen molar-refractivity contribution < 1.29 is 4.39 Å². The highest BCUT2D eigenvalue weighted by molar-refractivity contribution is 5.85. The fourth-order valence-corrected chi connectivity index (χ4v) is 1.46. The molecule has 0 fully saturated rings. The largest absolute Gasteiger partial charge is 0.324 e. The molecule has 1 aromatic rings. The molecule has 0 amide bonds. The summed E-state index contributed by atoms with van der Waals surface area (Å²) in [4.78, 5) is 0. The molecule has 84 valence electrons. The number of aryl methyl sites for hydroxylation is 1. The van der Waals surface area contributed by atoms with Gasteiger partial charge in [-0.2, -0.15) is 0 Å². The Morgan fingerprint density at radius 1 is 1.53 bits per heavy atom. The fourth-order valence-electron chi connectivity index (χ4n) is 1.46. The Morgan fingerprint density at radius 2 is 2.20 bits per heavy atom. The molecule has 1 rings (SSSR count). The number of halogens is 2. The maximum absolute atomic E-state index is 13.0. The van der Waals surface area contributed by atoms with Crippen LogP contribution in [0, 0.1) is 12.7 Å². The number of rotatable bonds is 4. The Morgan fingerprint density at radius 3 is 2.80 bits per heavy atom. The third-order valence-corrected chi connectivity index (χ3v) is 2.32. The van der Waals surface area contributed by atoms with Gasteiger partial charge in [-0.1, -0.05) is 12.1 Å². The summed E-state index contributed by atoms with van der Waals surface area (Å²) in [5, 5.41) is 0. The first-order valence-corrected chi connectivity index (χ1v) is 4.77. The second kappa shape index (κ2) is 6.59. The lowest BCUT2D eigenvalue weighted by molar-refractivity contribution is 0.609. The molecule has 0 saturated carbocycles. The number of nitrogens with two attached hydrogens (primary N) is 1. The van der Waals surface area contributed by atoms with Crippen molar-refractivity contribution in [2.75, 3.05) is 0 Å². The van der Waals surface area contributed by atoms with Gasteiger partial charge in [0.05, 0.1) is 0 Å². The van der Waals surface area contributed by atoms with Crippen molar-refractivity contribution in [3.8, 4) is 0 Å². The Hall–Kier alpha value is -0.860. The zero-order valence-corrected chi connectivity index (χ0v) is 9.69. The van der Waals surface area contributed by atoms with Gasteiger partial charge in [-0.05, 0) is 43.0 Å². The number of hydrogen-bond donors (Lipinski definition) is 1. The molecule has 0 aliphatic carbocycles. The van der Waals surface area contributed by atoms with Crippen molar-refractivity contribution in [1.29, 1.82) is 0 Å². The quantitative estimate of drug-likeness (QED) is 0.786. The highest BCUT2D eigenvalue weighted by atomic mass is 35.5. The highest BCUT2D eigenvalue weighted by Crippen LogP contribution is 2.20. The van der Waals surface area contributed by atoms with Crippen molar-refractivity contribution in [1.82, 2.24) is 0 Å². The standard InChI is InChI=1S/C12H16FN.ClH/c1-3-4-5-12(14)11-8-10(13)7-6-9(11)2;/h3,6-8,12H,1,4-5,14H2,2H3;1H/t12-;/m0./s1. The van der Waals surface area contributed by atoms with Gasteiger partial charge >= 0.3 is 0 Å². The van der Waals surface area contributed by atoms with Crippen LogP contribution in [0.3, 0.4) is 0 Å². The van der Waals surface area contributed by atoms with Crippen LogP contribution in [0.5, 0.6) is 0 Å². The summed E-state index contributed by atoms with van der Waals surface area (Å²) in [6.07, 6.45) is 3.50. The van der Waals surface area contributed by atoms with Crippen LogP contribution in [0.2, 0.25) is 0 Å². The van der Waals surface area contributed by atoms with Gasteiger partial charge in [0.15, 0.2) is 0 Å². The Labute approximate surface area is 96.6 Å². The second-order valence-corrected chi connectivity index (χ2v) is 3.47. The maximum atomic E-state index is 13.0. The van der Waals surface area contributed by atoms with Crippen LogP contribution in [0.1, 0.15) is 30.0 Å². The SMILES string of the molecule is C=CCC[C@H](N)c1cc(F)ccc1C.Cl. The van der Waals surface area contributed by atoms with Crippen LogP contribution in [0.4, 0.5) is 4.39 Å². The molecule has 0 aromatic heterocycles. The summed E-state index contributed by atoms with van der Waals surface area (Å²) in [5.41, 5.74) is 7.88. The van der Waals surface area contributed by atoms with E-state index in [0.29, 0.717) is 0 Å². The van der Waals surface area contributed by atoms with E-state index in [4.69, 9.17) is 5.73 Å². The molecule has 0 bridgehead atoms. The summed E-state index contributed by atoms with van der Waals surface area (Å²) in [7, 11) is 0. The molecule has 0 aliphatic heterocycles. The molecular weight excluding hydrogens is 213 g/mol. The van der Waals surface area contributed by atoms with E-state index in [1.807, 2.05) is 13.0 Å². The van der Waals surface area contributed by atoms with Crippen molar-refractivity contribution in [2.24, 2.45) is 5.73 Å². The van der Waals surface area contributed by atoms with E-state index in [1.165, 1.54) is 12.1 Å². The van der Waals surface area contributed by atoms with Crippen LogP contribution in [0.15, 0.2) is 30.9 Å². The van der Waals surface area contributed by atoms with Crippen LogP contribution < -0.4 is 5.73 Å². The van der Waals surface area contributed by atoms with E-state index < -0.39 is 0 Å². The minimum absolute atomic E-state index is 0. The molecule has 1 aromatic carbocycles. The van der Waals surface area contributed by atoms with Gasteiger partial charge in [0.1, 0.15) is 5.82 Å². The summed E-state index contributed by atoms with van der Waals surface area (Å²) in [6, 6.07) is 4.64. The van der Waals surface area contributed by atoms with Crippen LogP contribution in [0.25, 0.3) is 0 Å². The smallest absolute Gasteiger partial charge is 0.123 e. The lowest BCUT2D eigenvalue weighted by atomic mass is 9.98. The van der Waals surface area contributed by atoms with Crippen molar-refractivity contribution >= 4 is 12.4 Å². The van der Waals surface area contributed by atoms with Crippen LogP contribution in [-0.4, -0.2) is 0 Å². The molecule has 3 heteroatoms. The molecule has 0 heterocycles. The number of allylic oxidation sites excluding steroid dienone is 1. The molecular formula is C12H17ClFN. The lowest BCUT2D eigenvalue weighted by Gasteiger charge is -2.13. The molecule has 1 nitrogen and oxygen atoms in total. The van der Waals surface area contributed by atoms with Crippen molar-refractivity contribution in [2.45, 2.75) is 25.8 Å². The maximum Gasteiger partial charge on any atom is 0.123 e. The molecule has 0 radical (unpaired) electrons. The van der Waals surface area contributed by atoms with Crippen LogP contribution >= 0.6 is 12.4 Å². The van der Waals surface area contributed by atoms with Gasteiger partial charge in [-0.25, -0.2) is 4.39 Å². The summed E-state index contributed by atoms with van der Waals surface area (Å²) in [6.45, 7) is 5.58. The van der Waals surface area contributed by atoms with Gasteiger partial charge in [-0.3, -0.25) is 0 Å². The van der Waals surface area contributed by atoms with Crippen molar-refractivity contribution in [3.63, 3.8) is 0 Å². The molecule has 1 atom stereocenters. The van der Waals surface area contributed by atoms with E-state index in [2.05, 4.69) is 6.58 Å². The average Bonchev–Trinajstić information content (AvgIpc) is 2.18. The molecule has 15 heavy (non-hydrogen) atoms.